The van der Waals surface area contributed by atoms with Gasteiger partial charge >= 0.3 is 5.97 Å². The topological polar surface area (TPSA) is 83.3 Å². The van der Waals surface area contributed by atoms with Crippen LogP contribution in [0.1, 0.15) is 64.6 Å². The largest absolute Gasteiger partial charge is 0.477 e. The molecule has 1 aromatic carbocycles. The minimum absolute atomic E-state index is 0.0434. The van der Waals surface area contributed by atoms with Crippen LogP contribution in [0, 0.1) is 0 Å². The molecule has 29 heavy (non-hydrogen) atoms. The van der Waals surface area contributed by atoms with Crippen molar-refractivity contribution in [2.45, 2.75) is 54.9 Å². The van der Waals surface area contributed by atoms with Gasteiger partial charge in [-0.15, -0.1) is 0 Å². The van der Waals surface area contributed by atoms with E-state index in [1.54, 1.807) is 10.6 Å². The van der Waals surface area contributed by atoms with E-state index in [-0.39, 0.29) is 5.69 Å². The Kier molecular flexibility index (Phi) is 9.59. The molecule has 0 amide bonds. The number of fused-ring (bicyclic) bond motifs is 2. The number of rotatable bonds is 3. The number of aromatic amines is 1. The second-order valence-corrected chi connectivity index (χ2v) is 5.37. The minimum Gasteiger partial charge on any atom is -0.477 e. The maximum atomic E-state index is 11.2. The Morgan fingerprint density at radius 3 is 2.34 bits per heavy atom. The van der Waals surface area contributed by atoms with E-state index in [9.17, 15) is 9.90 Å². The Morgan fingerprint density at radius 2 is 1.72 bits per heavy atom. The number of carboxylic acid groups (broad SMARTS) is 1. The van der Waals surface area contributed by atoms with Crippen LogP contribution in [0.3, 0.4) is 0 Å². The summed E-state index contributed by atoms with van der Waals surface area (Å²) in [4.78, 5) is 18.5. The highest BCUT2D eigenvalue weighted by molar-refractivity contribution is 5.87. The molecule has 0 aliphatic rings. The Morgan fingerprint density at radius 1 is 1.03 bits per heavy atom. The lowest BCUT2D eigenvalue weighted by molar-refractivity contribution is 0.0690. The lowest BCUT2D eigenvalue weighted by Crippen LogP contribution is -2.06. The number of nitrogens with one attached hydrogen (secondary N) is 1. The third-order valence-electron chi connectivity index (χ3n) is 3.93. The van der Waals surface area contributed by atoms with Crippen molar-refractivity contribution in [1.82, 2.24) is 19.6 Å². The zero-order valence-electron chi connectivity index (χ0n) is 18.4. The predicted molar refractivity (Wildman–Crippen MR) is 121 cm³/mol. The molecule has 0 unspecified atom stereocenters. The number of aromatic carboxylic acids is 1. The third kappa shape index (κ3) is 5.22. The molecule has 4 rings (SSSR count). The van der Waals surface area contributed by atoms with Gasteiger partial charge in [0.05, 0.1) is 5.69 Å². The van der Waals surface area contributed by atoms with Gasteiger partial charge in [0.15, 0.2) is 11.3 Å². The molecule has 3 aromatic heterocycles. The summed E-state index contributed by atoms with van der Waals surface area (Å²) in [5.74, 6) is -1.03. The maximum Gasteiger partial charge on any atom is 0.354 e. The molecule has 0 aliphatic heterocycles. The van der Waals surface area contributed by atoms with Gasteiger partial charge in [-0.1, -0.05) is 54.5 Å². The highest BCUT2D eigenvalue weighted by Gasteiger charge is 2.13. The molecule has 0 saturated carbocycles. The van der Waals surface area contributed by atoms with Crippen molar-refractivity contribution in [2.24, 2.45) is 0 Å². The first kappa shape index (κ1) is 23.9. The SMILES string of the molecule is CC.CC.CC.CCc1cc(C(=O)O)nc2cc(-c3ccc4[nH]ccc4c3)nn12. The van der Waals surface area contributed by atoms with Gasteiger partial charge in [0.25, 0.3) is 0 Å². The van der Waals surface area contributed by atoms with Crippen LogP contribution in [0.25, 0.3) is 27.8 Å². The van der Waals surface area contributed by atoms with Gasteiger partial charge in [-0.3, -0.25) is 0 Å². The van der Waals surface area contributed by atoms with Gasteiger partial charge in [0, 0.05) is 34.4 Å². The summed E-state index contributed by atoms with van der Waals surface area (Å²) in [6, 6.07) is 11.4. The van der Waals surface area contributed by atoms with E-state index in [0.717, 1.165) is 27.9 Å². The molecule has 156 valence electrons. The lowest BCUT2D eigenvalue weighted by atomic mass is 10.1. The molecule has 4 aromatic rings. The molecule has 0 saturated heterocycles. The van der Waals surface area contributed by atoms with E-state index in [2.05, 4.69) is 21.1 Å². The zero-order valence-corrected chi connectivity index (χ0v) is 18.4. The zero-order chi connectivity index (χ0) is 22.0. The van der Waals surface area contributed by atoms with Crippen molar-refractivity contribution in [3.05, 3.63) is 54.0 Å². The number of aryl methyl sites for hydroxylation is 1. The lowest BCUT2D eigenvalue weighted by Gasteiger charge is -2.02. The van der Waals surface area contributed by atoms with E-state index in [4.69, 9.17) is 0 Å². The molecule has 0 spiro atoms. The predicted octanol–water partition coefficient (Wildman–Crippen LogP) is 6.22. The molecule has 6 heteroatoms. The van der Waals surface area contributed by atoms with Crippen LogP contribution in [-0.2, 0) is 6.42 Å². The highest BCUT2D eigenvalue weighted by atomic mass is 16.4. The van der Waals surface area contributed by atoms with Gasteiger partial charge in [0.1, 0.15) is 0 Å². The Balaban J connectivity index is 0.000000644. The summed E-state index contributed by atoms with van der Waals surface area (Å²) >= 11 is 0. The molecule has 0 aliphatic carbocycles. The minimum atomic E-state index is -1.03. The van der Waals surface area contributed by atoms with Gasteiger partial charge in [0.2, 0.25) is 0 Å². The van der Waals surface area contributed by atoms with Gasteiger partial charge in [-0.25, -0.2) is 14.3 Å². The quantitative estimate of drug-likeness (QED) is 0.431. The number of carbonyl (C=O) groups is 1. The van der Waals surface area contributed by atoms with Crippen LogP contribution >= 0.6 is 0 Å². The standard InChI is InChI=1S/C17H14N4O2.3C2H6/c1-2-12-8-15(17(22)23)19-16-9-14(20-21(12)16)10-3-4-13-11(7-10)5-6-18-13;3*1-2/h3-9,18H,2H2,1H3,(H,22,23);3*1-2H3. The second kappa shape index (κ2) is 11.6. The first-order valence-electron chi connectivity index (χ1n) is 10.4. The van der Waals surface area contributed by atoms with E-state index in [0.29, 0.717) is 12.1 Å². The molecule has 6 nitrogen and oxygen atoms in total. The summed E-state index contributed by atoms with van der Waals surface area (Å²) in [6.45, 7) is 14.0. The van der Waals surface area contributed by atoms with E-state index in [1.165, 1.54) is 0 Å². The molecular formula is C23H32N4O2. The van der Waals surface area contributed by atoms with Crippen LogP contribution in [0.15, 0.2) is 42.6 Å². The van der Waals surface area contributed by atoms with Crippen molar-refractivity contribution in [3.63, 3.8) is 0 Å². The summed E-state index contributed by atoms with van der Waals surface area (Å²) in [7, 11) is 0. The van der Waals surface area contributed by atoms with Crippen LogP contribution < -0.4 is 0 Å². The van der Waals surface area contributed by atoms with Gasteiger partial charge in [-0.05, 0) is 30.7 Å². The maximum absolute atomic E-state index is 11.2. The summed E-state index contributed by atoms with van der Waals surface area (Å²) in [6.07, 6.45) is 2.57. The summed E-state index contributed by atoms with van der Waals surface area (Å²) < 4.78 is 1.71. The summed E-state index contributed by atoms with van der Waals surface area (Å²) in [5.41, 5.74) is 4.23. The monoisotopic (exact) mass is 396 g/mol. The number of aromatic nitrogens is 4. The normalized spacial score (nSPS) is 9.62. The Labute approximate surface area is 172 Å². The van der Waals surface area contributed by atoms with Crippen molar-refractivity contribution in [2.75, 3.05) is 0 Å². The third-order valence-corrected chi connectivity index (χ3v) is 3.93. The van der Waals surface area contributed by atoms with Crippen molar-refractivity contribution < 1.29 is 9.90 Å². The fourth-order valence-electron chi connectivity index (χ4n) is 2.75. The number of hydrogen-bond donors (Lipinski definition) is 2. The van der Waals surface area contributed by atoms with E-state index >= 15 is 0 Å². The number of nitrogens with zero attached hydrogens (tertiary/aromatic N) is 3. The molecule has 0 atom stereocenters. The van der Waals surface area contributed by atoms with Crippen LogP contribution in [0.2, 0.25) is 0 Å². The van der Waals surface area contributed by atoms with E-state index in [1.807, 2.05) is 78.9 Å². The van der Waals surface area contributed by atoms with Gasteiger partial charge in [-0.2, -0.15) is 5.10 Å². The molecule has 2 N–H and O–H groups in total. The van der Waals surface area contributed by atoms with Crippen LogP contribution in [0.5, 0.6) is 0 Å². The first-order valence-corrected chi connectivity index (χ1v) is 10.4. The number of benzene rings is 1. The smallest absolute Gasteiger partial charge is 0.354 e. The van der Waals surface area contributed by atoms with Crippen LogP contribution in [-0.4, -0.2) is 30.7 Å². The molecule has 0 radical (unpaired) electrons. The molecule has 3 heterocycles. The number of carboxylic acids is 1. The van der Waals surface area contributed by atoms with Crippen molar-refractivity contribution in [3.8, 4) is 11.3 Å². The molecular weight excluding hydrogens is 364 g/mol. The van der Waals surface area contributed by atoms with Crippen LogP contribution in [0.4, 0.5) is 0 Å². The molecule has 0 bridgehead atoms. The second-order valence-electron chi connectivity index (χ2n) is 5.37. The molecule has 0 fully saturated rings. The highest BCUT2D eigenvalue weighted by Crippen LogP contribution is 2.24. The fraction of sp³-hybridized carbons (Fsp3) is 0.348. The number of hydrogen-bond acceptors (Lipinski definition) is 3. The number of H-pyrrole nitrogens is 1. The van der Waals surface area contributed by atoms with Gasteiger partial charge < -0.3 is 10.1 Å². The van der Waals surface area contributed by atoms with Crippen molar-refractivity contribution >= 4 is 22.5 Å². The summed E-state index contributed by atoms with van der Waals surface area (Å²) in [5, 5.41) is 14.9. The van der Waals surface area contributed by atoms with Crippen molar-refractivity contribution in [1.29, 1.82) is 0 Å². The Bertz CT molecular complexity index is 1050. The van der Waals surface area contributed by atoms with E-state index < -0.39 is 5.97 Å². The first-order chi connectivity index (χ1) is 14.2. The fourth-order valence-corrected chi connectivity index (χ4v) is 2.75. The average molecular weight is 397 g/mol. The Hall–Kier alpha value is -3.15. The average Bonchev–Trinajstić information content (AvgIpc) is 3.43.